The van der Waals surface area contributed by atoms with E-state index in [1.807, 2.05) is 6.92 Å². The molecule has 1 fully saturated rings. The minimum Gasteiger partial charge on any atom is -0.352 e. The Morgan fingerprint density at radius 2 is 2.00 bits per heavy atom. The number of benzene rings is 1. The Kier molecular flexibility index (Phi) is 2.88. The van der Waals surface area contributed by atoms with Crippen molar-refractivity contribution >= 4 is 16.6 Å². The molecular weight excluding hydrogens is 224 g/mol. The Balaban J connectivity index is 2.09. The summed E-state index contributed by atoms with van der Waals surface area (Å²) in [5.74, 6) is 1.02. The van der Waals surface area contributed by atoms with Crippen LogP contribution < -0.4 is 10.2 Å². The van der Waals surface area contributed by atoms with Gasteiger partial charge in [0.2, 0.25) is 0 Å². The summed E-state index contributed by atoms with van der Waals surface area (Å²) in [6, 6.07) is 8.88. The molecule has 1 aliphatic heterocycles. The monoisotopic (exact) mass is 242 g/mol. The largest absolute Gasteiger partial charge is 0.352 e. The summed E-state index contributed by atoms with van der Waals surface area (Å²) in [7, 11) is 0. The molecule has 0 amide bonds. The number of piperazine rings is 1. The molecule has 1 aliphatic rings. The second-order valence-corrected chi connectivity index (χ2v) is 4.96. The normalized spacial score (nSPS) is 20.3. The molecule has 94 valence electrons. The van der Waals surface area contributed by atoms with Gasteiger partial charge in [-0.05, 0) is 13.8 Å². The summed E-state index contributed by atoms with van der Waals surface area (Å²) in [4.78, 5) is 2.33. The molecule has 0 unspecified atom stereocenters. The number of nitrogens with one attached hydrogen (secondary N) is 1. The topological polar surface area (TPSA) is 41.1 Å². The van der Waals surface area contributed by atoms with E-state index in [4.69, 9.17) is 0 Å². The van der Waals surface area contributed by atoms with Crippen LogP contribution in [0, 0.1) is 6.92 Å². The van der Waals surface area contributed by atoms with E-state index in [9.17, 15) is 0 Å². The van der Waals surface area contributed by atoms with Crippen molar-refractivity contribution in [3.05, 3.63) is 30.0 Å². The van der Waals surface area contributed by atoms with Crippen molar-refractivity contribution in [3.63, 3.8) is 0 Å². The molecule has 1 aromatic carbocycles. The molecule has 18 heavy (non-hydrogen) atoms. The molecular formula is C14H18N4. The van der Waals surface area contributed by atoms with Gasteiger partial charge in [0.05, 0.1) is 5.69 Å². The van der Waals surface area contributed by atoms with Crippen LogP contribution in [0.1, 0.15) is 12.6 Å². The van der Waals surface area contributed by atoms with Gasteiger partial charge >= 0.3 is 0 Å². The Labute approximate surface area is 107 Å². The number of hydrogen-bond acceptors (Lipinski definition) is 4. The van der Waals surface area contributed by atoms with Crippen LogP contribution in [0.15, 0.2) is 24.3 Å². The van der Waals surface area contributed by atoms with E-state index >= 15 is 0 Å². The third-order valence-corrected chi connectivity index (χ3v) is 3.52. The van der Waals surface area contributed by atoms with Crippen LogP contribution in [0.3, 0.4) is 0 Å². The first-order valence-corrected chi connectivity index (χ1v) is 6.46. The Hall–Kier alpha value is -1.68. The molecule has 1 N–H and O–H groups in total. The van der Waals surface area contributed by atoms with Crippen molar-refractivity contribution in [2.75, 3.05) is 24.5 Å². The third kappa shape index (κ3) is 1.93. The first-order chi connectivity index (χ1) is 8.75. The predicted molar refractivity (Wildman–Crippen MR) is 74.0 cm³/mol. The van der Waals surface area contributed by atoms with E-state index in [2.05, 4.69) is 51.6 Å². The molecule has 1 saturated heterocycles. The number of fused-ring (bicyclic) bond motifs is 1. The van der Waals surface area contributed by atoms with E-state index in [1.54, 1.807) is 0 Å². The lowest BCUT2D eigenvalue weighted by molar-refractivity contribution is 0.482. The standard InChI is InChI=1S/C14H18N4/c1-10-9-18(8-7-15-10)14-13-6-4-3-5-12(13)11(2)16-17-14/h3-6,10,15H,7-9H2,1-2H3/t10-/m1/s1. The van der Waals surface area contributed by atoms with Crippen molar-refractivity contribution in [2.24, 2.45) is 0 Å². The number of hydrogen-bond donors (Lipinski definition) is 1. The van der Waals surface area contributed by atoms with Crippen LogP contribution in [0.4, 0.5) is 5.82 Å². The fraction of sp³-hybridized carbons (Fsp3) is 0.429. The molecule has 0 bridgehead atoms. The summed E-state index contributed by atoms with van der Waals surface area (Å²) in [5, 5.41) is 14.6. The first-order valence-electron chi connectivity index (χ1n) is 6.46. The van der Waals surface area contributed by atoms with Gasteiger partial charge in [-0.25, -0.2) is 0 Å². The third-order valence-electron chi connectivity index (χ3n) is 3.52. The Morgan fingerprint density at radius 3 is 2.78 bits per heavy atom. The molecule has 0 spiro atoms. The number of nitrogens with zero attached hydrogens (tertiary/aromatic N) is 3. The highest BCUT2D eigenvalue weighted by Crippen LogP contribution is 2.25. The van der Waals surface area contributed by atoms with Crippen molar-refractivity contribution in [2.45, 2.75) is 19.9 Å². The summed E-state index contributed by atoms with van der Waals surface area (Å²) < 4.78 is 0. The first kappa shape index (κ1) is 11.4. The lowest BCUT2D eigenvalue weighted by Gasteiger charge is -2.33. The minimum absolute atomic E-state index is 0.501. The van der Waals surface area contributed by atoms with Crippen LogP contribution in [-0.2, 0) is 0 Å². The number of anilines is 1. The van der Waals surface area contributed by atoms with Gasteiger partial charge in [0.1, 0.15) is 0 Å². The fourth-order valence-corrected chi connectivity index (χ4v) is 2.58. The van der Waals surface area contributed by atoms with E-state index in [-0.39, 0.29) is 0 Å². The van der Waals surface area contributed by atoms with Crippen molar-refractivity contribution in [1.29, 1.82) is 0 Å². The van der Waals surface area contributed by atoms with Crippen molar-refractivity contribution in [1.82, 2.24) is 15.5 Å². The lowest BCUT2D eigenvalue weighted by Crippen LogP contribution is -2.49. The molecule has 2 aromatic rings. The zero-order valence-corrected chi connectivity index (χ0v) is 10.8. The molecule has 0 saturated carbocycles. The molecule has 4 heteroatoms. The Bertz CT molecular complexity index is 567. The molecule has 3 rings (SSSR count). The molecule has 2 heterocycles. The maximum absolute atomic E-state index is 4.41. The molecule has 0 radical (unpaired) electrons. The SMILES string of the molecule is Cc1nnc(N2CCN[C@H](C)C2)c2ccccc12. The maximum Gasteiger partial charge on any atom is 0.159 e. The highest BCUT2D eigenvalue weighted by molar-refractivity contribution is 5.93. The average molecular weight is 242 g/mol. The second-order valence-electron chi connectivity index (χ2n) is 4.96. The van der Waals surface area contributed by atoms with Gasteiger partial charge in [0.15, 0.2) is 5.82 Å². The van der Waals surface area contributed by atoms with Gasteiger partial charge in [-0.1, -0.05) is 24.3 Å². The van der Waals surface area contributed by atoms with Gasteiger partial charge < -0.3 is 10.2 Å². The molecule has 4 nitrogen and oxygen atoms in total. The highest BCUT2D eigenvalue weighted by Gasteiger charge is 2.19. The van der Waals surface area contributed by atoms with Gasteiger partial charge in [0, 0.05) is 36.4 Å². The molecule has 1 aromatic heterocycles. The summed E-state index contributed by atoms with van der Waals surface area (Å²) >= 11 is 0. The lowest BCUT2D eigenvalue weighted by atomic mass is 10.1. The second kappa shape index (κ2) is 4.53. The summed E-state index contributed by atoms with van der Waals surface area (Å²) in [6.45, 7) is 7.20. The maximum atomic E-state index is 4.41. The molecule has 0 aliphatic carbocycles. The molecule has 1 atom stereocenters. The number of aromatic nitrogens is 2. The zero-order valence-electron chi connectivity index (χ0n) is 10.8. The van der Waals surface area contributed by atoms with Crippen LogP contribution >= 0.6 is 0 Å². The van der Waals surface area contributed by atoms with Gasteiger partial charge in [-0.3, -0.25) is 0 Å². The van der Waals surface area contributed by atoms with E-state index in [0.717, 1.165) is 31.1 Å². The summed E-state index contributed by atoms with van der Waals surface area (Å²) in [6.07, 6.45) is 0. The zero-order chi connectivity index (χ0) is 12.5. The predicted octanol–water partition coefficient (Wildman–Crippen LogP) is 1.74. The summed E-state index contributed by atoms with van der Waals surface area (Å²) in [5.41, 5.74) is 0.998. The number of rotatable bonds is 1. The fourth-order valence-electron chi connectivity index (χ4n) is 2.58. The van der Waals surface area contributed by atoms with Crippen LogP contribution in [0.2, 0.25) is 0 Å². The van der Waals surface area contributed by atoms with Crippen molar-refractivity contribution in [3.8, 4) is 0 Å². The number of aryl methyl sites for hydroxylation is 1. The van der Waals surface area contributed by atoms with Crippen LogP contribution in [0.5, 0.6) is 0 Å². The Morgan fingerprint density at radius 1 is 1.22 bits per heavy atom. The van der Waals surface area contributed by atoms with Crippen LogP contribution in [-0.4, -0.2) is 35.9 Å². The van der Waals surface area contributed by atoms with E-state index in [1.165, 1.54) is 10.8 Å². The van der Waals surface area contributed by atoms with E-state index in [0.29, 0.717) is 6.04 Å². The smallest absolute Gasteiger partial charge is 0.159 e. The minimum atomic E-state index is 0.501. The quantitative estimate of drug-likeness (QED) is 0.827. The average Bonchev–Trinajstić information content (AvgIpc) is 2.39. The van der Waals surface area contributed by atoms with Gasteiger partial charge in [-0.2, -0.15) is 5.10 Å². The van der Waals surface area contributed by atoms with Gasteiger partial charge in [-0.15, -0.1) is 5.10 Å². The highest BCUT2D eigenvalue weighted by atomic mass is 15.3. The van der Waals surface area contributed by atoms with Gasteiger partial charge in [0.25, 0.3) is 0 Å². The van der Waals surface area contributed by atoms with Crippen LogP contribution in [0.25, 0.3) is 10.8 Å². The van der Waals surface area contributed by atoms with Crippen molar-refractivity contribution < 1.29 is 0 Å². The van der Waals surface area contributed by atoms with E-state index < -0.39 is 0 Å².